The highest BCUT2D eigenvalue weighted by atomic mass is 32.1. The van der Waals surface area contributed by atoms with Gasteiger partial charge < -0.3 is 15.0 Å². The number of imidazole rings is 1. The Morgan fingerprint density at radius 1 is 0.444 bits per heavy atom. The zero-order chi connectivity index (χ0) is 30.0. The lowest BCUT2D eigenvalue weighted by atomic mass is 10.2. The van der Waals surface area contributed by atoms with Crippen molar-refractivity contribution in [2.45, 2.75) is 0 Å². The van der Waals surface area contributed by atoms with Crippen LogP contribution in [0.15, 0.2) is 151 Å². The lowest BCUT2D eigenvalue weighted by Crippen LogP contribution is -1.78. The van der Waals surface area contributed by atoms with Crippen LogP contribution in [0.1, 0.15) is 0 Å². The Morgan fingerprint density at radius 2 is 1.02 bits per heavy atom. The number of rotatable bonds is 2. The molecule has 216 valence electrons. The van der Waals surface area contributed by atoms with Crippen LogP contribution in [0.3, 0.4) is 0 Å². The molecule has 5 aromatic carbocycles. The van der Waals surface area contributed by atoms with Gasteiger partial charge in [0.2, 0.25) is 0 Å². The predicted octanol–water partition coefficient (Wildman–Crippen LogP) is 11.7. The number of hydrogen-bond acceptors (Lipinski definition) is 3. The van der Waals surface area contributed by atoms with E-state index in [9.17, 15) is 0 Å². The Labute approximate surface area is 267 Å². The van der Waals surface area contributed by atoms with Gasteiger partial charge in [-0.25, -0.2) is 4.98 Å². The molecule has 0 aliphatic carbocycles. The monoisotopic (exact) mass is 616 g/mol. The molecule has 45 heavy (non-hydrogen) atoms. The van der Waals surface area contributed by atoms with Crippen molar-refractivity contribution in [3.8, 4) is 22.1 Å². The molecular formula is C39H28N4S2. The number of para-hydroxylation sites is 4. The molecule has 0 saturated carbocycles. The number of aromatic nitrogens is 4. The van der Waals surface area contributed by atoms with E-state index in [-0.39, 0.29) is 0 Å². The predicted molar refractivity (Wildman–Crippen MR) is 194 cm³/mol. The Hall–Kier alpha value is -5.43. The number of thiophene rings is 2. The maximum atomic E-state index is 4.59. The topological polar surface area (TPSA) is 60.3 Å². The molecule has 5 heterocycles. The Morgan fingerprint density at radius 3 is 1.71 bits per heavy atom. The lowest BCUT2D eigenvalue weighted by Gasteiger charge is -1.88. The van der Waals surface area contributed by atoms with Crippen molar-refractivity contribution in [1.29, 1.82) is 0 Å². The lowest BCUT2D eigenvalue weighted by molar-refractivity contribution is 1.29. The van der Waals surface area contributed by atoms with E-state index < -0.39 is 0 Å². The summed E-state index contributed by atoms with van der Waals surface area (Å²) in [6, 6.07) is 50.3. The average molecular weight is 617 g/mol. The van der Waals surface area contributed by atoms with Crippen LogP contribution in [0.4, 0.5) is 0 Å². The first-order valence-corrected chi connectivity index (χ1v) is 16.5. The maximum absolute atomic E-state index is 4.59. The van der Waals surface area contributed by atoms with Crippen LogP contribution in [0.25, 0.3) is 75.1 Å². The fourth-order valence-electron chi connectivity index (χ4n) is 5.51. The molecule has 3 N–H and O–H groups in total. The first-order valence-electron chi connectivity index (χ1n) is 14.8. The minimum Gasteiger partial charge on any atom is -0.354 e. The normalized spacial score (nSPS) is 11.1. The van der Waals surface area contributed by atoms with Gasteiger partial charge in [0, 0.05) is 31.2 Å². The molecule has 0 unspecified atom stereocenters. The van der Waals surface area contributed by atoms with Gasteiger partial charge in [-0.15, -0.1) is 22.7 Å². The molecule has 10 rings (SSSR count). The van der Waals surface area contributed by atoms with Crippen LogP contribution < -0.4 is 0 Å². The van der Waals surface area contributed by atoms with Crippen LogP contribution in [0, 0.1) is 0 Å². The van der Waals surface area contributed by atoms with E-state index >= 15 is 0 Å². The zero-order valence-corrected chi connectivity index (χ0v) is 25.8. The standard InChI is InChI=1S/C16H11NS.C15H11N3.C8H6S/c1-3-7-13-11(5-1)9-14(17-13)16-10-12-6-2-4-8-15(12)18-16;1-2-6-11-10(5-1)9-14(16-11)15-17-12-7-3-4-8-13(12)18-15;1-2-4-8-7(3-1)5-6-9-8/h1-10,17H;1-9,16H,(H,17,18);1-6H. The van der Waals surface area contributed by atoms with Gasteiger partial charge in [-0.05, 0) is 76.8 Å². The van der Waals surface area contributed by atoms with Crippen molar-refractivity contribution in [2.24, 2.45) is 0 Å². The first kappa shape index (κ1) is 27.1. The summed E-state index contributed by atoms with van der Waals surface area (Å²) in [6.07, 6.45) is 0. The quantitative estimate of drug-likeness (QED) is 0.178. The molecule has 5 aromatic heterocycles. The molecule has 6 heteroatoms. The minimum atomic E-state index is 0.882. The minimum absolute atomic E-state index is 0.882. The highest BCUT2D eigenvalue weighted by Gasteiger charge is 2.08. The summed E-state index contributed by atoms with van der Waals surface area (Å²) in [6.45, 7) is 0. The second-order valence-electron chi connectivity index (χ2n) is 10.7. The fraction of sp³-hybridized carbons (Fsp3) is 0. The zero-order valence-electron chi connectivity index (χ0n) is 24.2. The van der Waals surface area contributed by atoms with Crippen molar-refractivity contribution in [3.63, 3.8) is 0 Å². The molecule has 4 nitrogen and oxygen atoms in total. The molecular weight excluding hydrogens is 589 g/mol. The molecule has 0 spiro atoms. The van der Waals surface area contributed by atoms with Crippen molar-refractivity contribution < 1.29 is 0 Å². The molecule has 0 radical (unpaired) electrons. The number of H-pyrrole nitrogens is 3. The maximum Gasteiger partial charge on any atom is 0.155 e. The van der Waals surface area contributed by atoms with Crippen molar-refractivity contribution in [2.75, 3.05) is 0 Å². The molecule has 0 bridgehead atoms. The summed E-state index contributed by atoms with van der Waals surface area (Å²) in [5.41, 5.74) is 6.61. The largest absolute Gasteiger partial charge is 0.354 e. The Kier molecular flexibility index (Phi) is 7.19. The Bertz CT molecular complexity index is 2070. The van der Waals surface area contributed by atoms with Crippen molar-refractivity contribution >= 4 is 75.7 Å². The molecule has 0 amide bonds. The summed E-state index contributed by atoms with van der Waals surface area (Å²) in [7, 11) is 0. The summed E-state index contributed by atoms with van der Waals surface area (Å²) in [5.74, 6) is 0.882. The van der Waals surface area contributed by atoms with E-state index in [0.717, 1.165) is 28.1 Å². The SMILES string of the molecule is c1ccc2[nH]c(-c3cc4ccccc4s3)cc2c1.c1ccc2[nH]c(-c3nc4ccccc4[nH]3)cc2c1.c1ccc2sccc2c1. The van der Waals surface area contributed by atoms with Crippen LogP contribution >= 0.6 is 22.7 Å². The summed E-state index contributed by atoms with van der Waals surface area (Å²) >= 11 is 3.62. The number of benzene rings is 5. The number of aromatic amines is 3. The van der Waals surface area contributed by atoms with E-state index in [1.165, 1.54) is 47.0 Å². The Balaban J connectivity index is 0.000000106. The van der Waals surface area contributed by atoms with Gasteiger partial charge in [0.15, 0.2) is 5.82 Å². The molecule has 0 atom stereocenters. The van der Waals surface area contributed by atoms with Gasteiger partial charge in [0.1, 0.15) is 0 Å². The smallest absolute Gasteiger partial charge is 0.155 e. The second-order valence-corrected chi connectivity index (χ2v) is 12.8. The fourth-order valence-corrected chi connectivity index (χ4v) is 7.33. The van der Waals surface area contributed by atoms with E-state index in [1.807, 2.05) is 47.7 Å². The number of nitrogens with zero attached hydrogens (tertiary/aromatic N) is 1. The van der Waals surface area contributed by atoms with Crippen molar-refractivity contribution in [1.82, 2.24) is 19.9 Å². The first-order chi connectivity index (χ1) is 22.3. The van der Waals surface area contributed by atoms with Gasteiger partial charge in [-0.3, -0.25) is 0 Å². The van der Waals surface area contributed by atoms with Crippen LogP contribution in [-0.4, -0.2) is 19.9 Å². The molecule has 0 saturated heterocycles. The second kappa shape index (κ2) is 11.9. The summed E-state index contributed by atoms with van der Waals surface area (Å²) in [4.78, 5) is 16.1. The van der Waals surface area contributed by atoms with Crippen LogP contribution in [-0.2, 0) is 0 Å². The average Bonchev–Trinajstić information content (AvgIpc) is 3.92. The molecule has 0 aliphatic rings. The van der Waals surface area contributed by atoms with Crippen LogP contribution in [0.5, 0.6) is 0 Å². The summed E-state index contributed by atoms with van der Waals surface area (Å²) in [5, 5.41) is 7.25. The van der Waals surface area contributed by atoms with Crippen molar-refractivity contribution in [3.05, 3.63) is 151 Å². The third-order valence-corrected chi connectivity index (χ3v) is 9.80. The number of hydrogen-bond donors (Lipinski definition) is 3. The third-order valence-electron chi connectivity index (χ3n) is 7.76. The van der Waals surface area contributed by atoms with E-state index in [2.05, 4.69) is 135 Å². The molecule has 0 fully saturated rings. The molecule has 10 aromatic rings. The van der Waals surface area contributed by atoms with Gasteiger partial charge in [0.05, 0.1) is 27.3 Å². The van der Waals surface area contributed by atoms with E-state index in [4.69, 9.17) is 0 Å². The highest BCUT2D eigenvalue weighted by Crippen LogP contribution is 2.34. The van der Waals surface area contributed by atoms with Gasteiger partial charge in [-0.2, -0.15) is 0 Å². The van der Waals surface area contributed by atoms with E-state index in [1.54, 1.807) is 11.3 Å². The van der Waals surface area contributed by atoms with Gasteiger partial charge >= 0.3 is 0 Å². The summed E-state index contributed by atoms with van der Waals surface area (Å²) < 4.78 is 2.71. The number of fused-ring (bicyclic) bond motifs is 5. The third kappa shape index (κ3) is 5.65. The highest BCUT2D eigenvalue weighted by molar-refractivity contribution is 7.22. The van der Waals surface area contributed by atoms with Crippen LogP contribution in [0.2, 0.25) is 0 Å². The van der Waals surface area contributed by atoms with Gasteiger partial charge in [0.25, 0.3) is 0 Å². The van der Waals surface area contributed by atoms with E-state index in [0.29, 0.717) is 0 Å². The van der Waals surface area contributed by atoms with Gasteiger partial charge in [-0.1, -0.05) is 84.9 Å². The number of nitrogens with one attached hydrogen (secondary N) is 3. The molecule has 0 aliphatic heterocycles.